The van der Waals surface area contributed by atoms with Crippen LogP contribution in [0.4, 0.5) is 0 Å². The molecule has 1 aromatic carbocycles. The van der Waals surface area contributed by atoms with E-state index in [0.717, 1.165) is 11.8 Å². The van der Waals surface area contributed by atoms with E-state index in [1.165, 1.54) is 13.2 Å². The van der Waals surface area contributed by atoms with Crippen LogP contribution >= 0.6 is 0 Å². The molecule has 0 radical (unpaired) electrons. The Morgan fingerprint density at radius 3 is 2.64 bits per heavy atom. The molecular weight excluding hydrogens is 324 g/mol. The molecule has 3 atom stereocenters. The van der Waals surface area contributed by atoms with Crippen molar-refractivity contribution >= 4 is 12.3 Å². The standard InChI is InChI=1S/C19H24O6/c1-19(2)24-15(10-7-11-17(21)22-3)18(25-19)16(12-20)23-13-14-8-5-4-6-9-14/h4-9,11-12,15-16,18H,10,13H2,1-3H3/b11-7+/t15-,16-,18+/m1/s1. The second kappa shape index (κ2) is 8.89. The van der Waals surface area contributed by atoms with Crippen LogP contribution in [0.15, 0.2) is 42.5 Å². The van der Waals surface area contributed by atoms with E-state index >= 15 is 0 Å². The van der Waals surface area contributed by atoms with Gasteiger partial charge in [-0.1, -0.05) is 36.4 Å². The van der Waals surface area contributed by atoms with Crippen LogP contribution in [-0.4, -0.2) is 43.5 Å². The zero-order valence-electron chi connectivity index (χ0n) is 14.7. The highest BCUT2D eigenvalue weighted by Gasteiger charge is 2.45. The summed E-state index contributed by atoms with van der Waals surface area (Å²) in [6, 6.07) is 9.59. The number of carbonyl (C=O) groups is 2. The molecule has 0 aromatic heterocycles. The van der Waals surface area contributed by atoms with Gasteiger partial charge in [-0.3, -0.25) is 0 Å². The summed E-state index contributed by atoms with van der Waals surface area (Å²) in [6.45, 7) is 3.86. The second-order valence-corrected chi connectivity index (χ2v) is 6.20. The highest BCUT2D eigenvalue weighted by molar-refractivity contribution is 5.81. The van der Waals surface area contributed by atoms with Crippen molar-refractivity contribution in [3.05, 3.63) is 48.0 Å². The normalized spacial score (nSPS) is 23.5. The van der Waals surface area contributed by atoms with Crippen molar-refractivity contribution < 1.29 is 28.5 Å². The van der Waals surface area contributed by atoms with Crippen LogP contribution in [0.1, 0.15) is 25.8 Å². The molecule has 0 spiro atoms. The number of aldehydes is 1. The summed E-state index contributed by atoms with van der Waals surface area (Å²) in [6.07, 6.45) is 2.39. The summed E-state index contributed by atoms with van der Waals surface area (Å²) >= 11 is 0. The number of hydrogen-bond acceptors (Lipinski definition) is 6. The Balaban J connectivity index is 2.01. The SMILES string of the molecule is COC(=O)/C=C/C[C@H]1OC(C)(C)O[C@@H]1[C@@H](C=O)OCc1ccccc1. The van der Waals surface area contributed by atoms with Gasteiger partial charge in [-0.2, -0.15) is 0 Å². The fraction of sp³-hybridized carbons (Fsp3) is 0.474. The summed E-state index contributed by atoms with van der Waals surface area (Å²) in [5.74, 6) is -1.27. The molecule has 0 N–H and O–H groups in total. The summed E-state index contributed by atoms with van der Waals surface area (Å²) in [4.78, 5) is 22.7. The number of esters is 1. The largest absolute Gasteiger partial charge is 0.466 e. The first-order valence-electron chi connectivity index (χ1n) is 8.16. The number of benzene rings is 1. The first kappa shape index (κ1) is 19.3. The summed E-state index contributed by atoms with van der Waals surface area (Å²) in [5, 5.41) is 0. The third kappa shape index (κ3) is 5.77. The molecule has 0 bridgehead atoms. The topological polar surface area (TPSA) is 71.1 Å². The monoisotopic (exact) mass is 348 g/mol. The Morgan fingerprint density at radius 2 is 2.00 bits per heavy atom. The van der Waals surface area contributed by atoms with Gasteiger partial charge in [0.05, 0.1) is 19.8 Å². The molecule has 1 aliphatic rings. The van der Waals surface area contributed by atoms with Crippen molar-refractivity contribution in [3.63, 3.8) is 0 Å². The summed E-state index contributed by atoms with van der Waals surface area (Å²) < 4.78 is 22.0. The molecule has 2 rings (SSSR count). The summed E-state index contributed by atoms with van der Waals surface area (Å²) in [5.41, 5.74) is 0.967. The predicted molar refractivity (Wildman–Crippen MR) is 90.7 cm³/mol. The fourth-order valence-corrected chi connectivity index (χ4v) is 2.67. The third-order valence-corrected chi connectivity index (χ3v) is 3.79. The lowest BCUT2D eigenvalue weighted by Crippen LogP contribution is -2.38. The smallest absolute Gasteiger partial charge is 0.330 e. The van der Waals surface area contributed by atoms with Crippen LogP contribution < -0.4 is 0 Å². The average molecular weight is 348 g/mol. The molecular formula is C19H24O6. The van der Waals surface area contributed by atoms with E-state index in [1.54, 1.807) is 19.9 Å². The minimum atomic E-state index is -0.828. The number of hydrogen-bond donors (Lipinski definition) is 0. The van der Waals surface area contributed by atoms with Crippen LogP contribution in [0.25, 0.3) is 0 Å². The molecule has 1 fully saturated rings. The average Bonchev–Trinajstić information content (AvgIpc) is 2.91. The van der Waals surface area contributed by atoms with Crippen molar-refractivity contribution in [2.45, 2.75) is 51.0 Å². The molecule has 0 saturated carbocycles. The van der Waals surface area contributed by atoms with Gasteiger partial charge in [-0.25, -0.2) is 4.79 Å². The van der Waals surface area contributed by atoms with Crippen LogP contribution in [0, 0.1) is 0 Å². The van der Waals surface area contributed by atoms with Gasteiger partial charge in [0, 0.05) is 6.08 Å². The molecule has 6 nitrogen and oxygen atoms in total. The summed E-state index contributed by atoms with van der Waals surface area (Å²) in [7, 11) is 1.31. The zero-order valence-corrected chi connectivity index (χ0v) is 14.7. The lowest BCUT2D eigenvalue weighted by molar-refractivity contribution is -0.161. The van der Waals surface area contributed by atoms with Crippen molar-refractivity contribution in [2.24, 2.45) is 0 Å². The van der Waals surface area contributed by atoms with Crippen LogP contribution in [0.5, 0.6) is 0 Å². The zero-order chi connectivity index (χ0) is 18.3. The molecule has 1 aliphatic heterocycles. The molecule has 1 aromatic rings. The van der Waals surface area contributed by atoms with Gasteiger partial charge in [0.1, 0.15) is 12.2 Å². The van der Waals surface area contributed by atoms with E-state index in [2.05, 4.69) is 4.74 Å². The van der Waals surface area contributed by atoms with Crippen molar-refractivity contribution in [1.29, 1.82) is 0 Å². The maximum absolute atomic E-state index is 11.5. The number of ether oxygens (including phenoxy) is 4. The number of methoxy groups -OCH3 is 1. The van der Waals surface area contributed by atoms with Gasteiger partial charge in [0.2, 0.25) is 0 Å². The molecule has 1 saturated heterocycles. The molecule has 0 unspecified atom stereocenters. The minimum absolute atomic E-state index is 0.301. The number of carbonyl (C=O) groups excluding carboxylic acids is 2. The Kier molecular flexibility index (Phi) is 6.87. The lowest BCUT2D eigenvalue weighted by atomic mass is 10.1. The third-order valence-electron chi connectivity index (χ3n) is 3.79. The first-order valence-corrected chi connectivity index (χ1v) is 8.16. The Bertz CT molecular complexity index is 595. The first-order chi connectivity index (χ1) is 11.9. The van der Waals surface area contributed by atoms with E-state index in [0.29, 0.717) is 13.0 Å². The highest BCUT2D eigenvalue weighted by atomic mass is 16.8. The van der Waals surface area contributed by atoms with E-state index < -0.39 is 30.1 Å². The quantitative estimate of drug-likeness (QED) is 0.408. The maximum atomic E-state index is 11.5. The van der Waals surface area contributed by atoms with Gasteiger partial charge in [-0.15, -0.1) is 0 Å². The van der Waals surface area contributed by atoms with Crippen molar-refractivity contribution in [1.82, 2.24) is 0 Å². The maximum Gasteiger partial charge on any atom is 0.330 e. The van der Waals surface area contributed by atoms with Gasteiger partial charge < -0.3 is 23.7 Å². The van der Waals surface area contributed by atoms with E-state index in [4.69, 9.17) is 14.2 Å². The minimum Gasteiger partial charge on any atom is -0.466 e. The van der Waals surface area contributed by atoms with Gasteiger partial charge in [0.15, 0.2) is 12.1 Å². The van der Waals surface area contributed by atoms with E-state index in [1.807, 2.05) is 30.3 Å². The van der Waals surface area contributed by atoms with Gasteiger partial charge in [-0.05, 0) is 25.8 Å². The second-order valence-electron chi connectivity index (χ2n) is 6.20. The fourth-order valence-electron chi connectivity index (χ4n) is 2.67. The van der Waals surface area contributed by atoms with Crippen LogP contribution in [0.3, 0.4) is 0 Å². The van der Waals surface area contributed by atoms with Crippen molar-refractivity contribution in [3.8, 4) is 0 Å². The van der Waals surface area contributed by atoms with Crippen LogP contribution in [0.2, 0.25) is 0 Å². The lowest BCUT2D eigenvalue weighted by Gasteiger charge is -2.22. The molecule has 1 heterocycles. The molecule has 136 valence electrons. The van der Waals surface area contributed by atoms with E-state index in [-0.39, 0.29) is 0 Å². The molecule has 0 aliphatic carbocycles. The Morgan fingerprint density at radius 1 is 1.28 bits per heavy atom. The van der Waals surface area contributed by atoms with Gasteiger partial charge >= 0.3 is 5.97 Å². The Hall–Kier alpha value is -2.02. The van der Waals surface area contributed by atoms with E-state index in [9.17, 15) is 9.59 Å². The van der Waals surface area contributed by atoms with Crippen molar-refractivity contribution in [2.75, 3.05) is 7.11 Å². The molecule has 6 heteroatoms. The van der Waals surface area contributed by atoms with Crippen LogP contribution in [-0.2, 0) is 35.1 Å². The highest BCUT2D eigenvalue weighted by Crippen LogP contribution is 2.32. The molecule has 25 heavy (non-hydrogen) atoms. The Labute approximate surface area is 147 Å². The number of rotatable bonds is 8. The predicted octanol–water partition coefficient (Wildman–Crippen LogP) is 2.41. The van der Waals surface area contributed by atoms with Gasteiger partial charge in [0.25, 0.3) is 0 Å². The molecule has 0 amide bonds.